The van der Waals surface area contributed by atoms with Crippen LogP contribution in [0.25, 0.3) is 0 Å². The van der Waals surface area contributed by atoms with Crippen LogP contribution in [0.4, 0.5) is 26.3 Å². The van der Waals surface area contributed by atoms with Crippen molar-refractivity contribution >= 4 is 10.1 Å². The highest BCUT2D eigenvalue weighted by Gasteiger charge is 2.41. The molecule has 0 aliphatic rings. The summed E-state index contributed by atoms with van der Waals surface area (Å²) in [5, 5.41) is 0. The SMILES string of the molecule is N.O=S(=O)(O)CC(F)C(F)C(F)C(F)C(F)CCCF. The van der Waals surface area contributed by atoms with E-state index in [0.29, 0.717) is 0 Å². The predicted molar refractivity (Wildman–Crippen MR) is 61.1 cm³/mol. The second-order valence-corrected chi connectivity index (χ2v) is 5.44. The first-order chi connectivity index (χ1) is 8.60. The predicted octanol–water partition coefficient (Wildman–Crippen LogP) is 2.48. The van der Waals surface area contributed by atoms with Gasteiger partial charge in [-0.3, -0.25) is 8.94 Å². The molecule has 20 heavy (non-hydrogen) atoms. The zero-order valence-electron chi connectivity index (χ0n) is 10.4. The Labute approximate surface area is 112 Å². The number of halogens is 6. The van der Waals surface area contributed by atoms with E-state index >= 15 is 0 Å². The smallest absolute Gasteiger partial charge is 0.267 e. The van der Waals surface area contributed by atoms with E-state index in [2.05, 4.69) is 0 Å². The molecule has 0 rings (SSSR count). The number of alkyl halides is 6. The maximum Gasteiger partial charge on any atom is 0.267 e. The lowest BCUT2D eigenvalue weighted by Crippen LogP contribution is -2.41. The molecule has 0 saturated heterocycles. The molecule has 0 aliphatic heterocycles. The van der Waals surface area contributed by atoms with Crippen molar-refractivity contribution in [2.45, 2.75) is 43.7 Å². The monoisotopic (exact) mass is 333 g/mol. The molecule has 0 saturated carbocycles. The number of hydrogen-bond acceptors (Lipinski definition) is 3. The van der Waals surface area contributed by atoms with Crippen LogP contribution in [0.3, 0.4) is 0 Å². The molecular formula is C9H17F6NO3S. The molecule has 0 aliphatic carbocycles. The Morgan fingerprint density at radius 3 is 1.75 bits per heavy atom. The molecule has 0 radical (unpaired) electrons. The minimum Gasteiger partial charge on any atom is -0.344 e. The van der Waals surface area contributed by atoms with Crippen molar-refractivity contribution in [3.05, 3.63) is 0 Å². The summed E-state index contributed by atoms with van der Waals surface area (Å²) in [6.45, 7) is -0.975. The van der Waals surface area contributed by atoms with E-state index in [1.807, 2.05) is 0 Å². The lowest BCUT2D eigenvalue weighted by molar-refractivity contribution is 0.00326. The molecule has 0 fully saturated rings. The third-order valence-corrected chi connectivity index (χ3v) is 3.02. The molecule has 124 valence electrons. The summed E-state index contributed by atoms with van der Waals surface area (Å²) in [7, 11) is -4.91. The fourth-order valence-corrected chi connectivity index (χ4v) is 1.89. The quantitative estimate of drug-likeness (QED) is 0.501. The van der Waals surface area contributed by atoms with E-state index in [-0.39, 0.29) is 6.15 Å². The Bertz CT molecular complexity index is 358. The summed E-state index contributed by atoms with van der Waals surface area (Å²) in [4.78, 5) is 0. The molecule has 0 aromatic rings. The van der Waals surface area contributed by atoms with Gasteiger partial charge in [-0.2, -0.15) is 8.42 Å². The van der Waals surface area contributed by atoms with Gasteiger partial charge in [0.15, 0.2) is 24.7 Å². The van der Waals surface area contributed by atoms with Gasteiger partial charge in [-0.1, -0.05) is 0 Å². The third-order valence-electron chi connectivity index (χ3n) is 2.28. The van der Waals surface area contributed by atoms with Crippen molar-refractivity contribution in [3.63, 3.8) is 0 Å². The van der Waals surface area contributed by atoms with E-state index in [9.17, 15) is 34.8 Å². The minimum absolute atomic E-state index is 0. The van der Waals surface area contributed by atoms with Crippen molar-refractivity contribution in [1.29, 1.82) is 0 Å². The van der Waals surface area contributed by atoms with Crippen LogP contribution in [-0.2, 0) is 10.1 Å². The highest BCUT2D eigenvalue weighted by Crippen LogP contribution is 2.24. The molecule has 0 spiro atoms. The Balaban J connectivity index is 0. The van der Waals surface area contributed by atoms with Crippen LogP contribution >= 0.6 is 0 Å². The molecule has 4 nitrogen and oxygen atoms in total. The molecule has 0 aromatic heterocycles. The van der Waals surface area contributed by atoms with Crippen molar-refractivity contribution in [2.24, 2.45) is 0 Å². The second-order valence-electron chi connectivity index (χ2n) is 3.95. The first-order valence-corrected chi connectivity index (χ1v) is 6.92. The van der Waals surface area contributed by atoms with Crippen molar-refractivity contribution in [3.8, 4) is 0 Å². The highest BCUT2D eigenvalue weighted by molar-refractivity contribution is 7.85. The summed E-state index contributed by atoms with van der Waals surface area (Å²) in [6, 6.07) is 0. The van der Waals surface area contributed by atoms with E-state index in [0.717, 1.165) is 0 Å². The van der Waals surface area contributed by atoms with Gasteiger partial charge in [0.1, 0.15) is 11.9 Å². The molecule has 0 amide bonds. The van der Waals surface area contributed by atoms with Gasteiger partial charge in [0.2, 0.25) is 0 Å². The van der Waals surface area contributed by atoms with Crippen molar-refractivity contribution in [2.75, 3.05) is 12.4 Å². The largest absolute Gasteiger partial charge is 0.344 e. The maximum absolute atomic E-state index is 13.1. The fourth-order valence-electron chi connectivity index (χ4n) is 1.30. The molecule has 4 N–H and O–H groups in total. The summed E-state index contributed by atoms with van der Waals surface area (Å²) < 4.78 is 105. The summed E-state index contributed by atoms with van der Waals surface area (Å²) in [6.07, 6.45) is -16.2. The van der Waals surface area contributed by atoms with Gasteiger partial charge in [-0.05, 0) is 12.8 Å². The zero-order chi connectivity index (χ0) is 15.2. The summed E-state index contributed by atoms with van der Waals surface area (Å²) >= 11 is 0. The number of hydrogen-bond donors (Lipinski definition) is 2. The van der Waals surface area contributed by atoms with E-state index in [4.69, 9.17) is 4.55 Å². The Morgan fingerprint density at radius 1 is 0.900 bits per heavy atom. The van der Waals surface area contributed by atoms with Crippen LogP contribution in [0.5, 0.6) is 0 Å². The molecule has 0 heterocycles. The van der Waals surface area contributed by atoms with Gasteiger partial charge >= 0.3 is 0 Å². The van der Waals surface area contributed by atoms with Crippen LogP contribution in [0.2, 0.25) is 0 Å². The average molecular weight is 333 g/mol. The summed E-state index contributed by atoms with van der Waals surface area (Å²) in [5.41, 5.74) is 0. The first-order valence-electron chi connectivity index (χ1n) is 5.31. The Morgan fingerprint density at radius 2 is 1.35 bits per heavy atom. The normalized spacial score (nSPS) is 19.6. The molecule has 5 atom stereocenters. The van der Waals surface area contributed by atoms with E-state index < -0.39 is 66.2 Å². The van der Waals surface area contributed by atoms with Crippen LogP contribution in [0.15, 0.2) is 0 Å². The standard InChI is InChI=1S/C9H14F6O3S.H3N/c10-3-1-2-5(11)7(13)9(15)8(14)6(12)4-19(16,17)18;/h5-9H,1-4H2,(H,16,17,18);1H3. The van der Waals surface area contributed by atoms with Gasteiger partial charge in [-0.25, -0.2) is 22.0 Å². The molecule has 11 heteroatoms. The lowest BCUT2D eigenvalue weighted by Gasteiger charge is -2.22. The minimum atomic E-state index is -4.91. The zero-order valence-corrected chi connectivity index (χ0v) is 11.2. The number of rotatable bonds is 9. The molecular weight excluding hydrogens is 316 g/mol. The third kappa shape index (κ3) is 7.90. The van der Waals surface area contributed by atoms with Crippen molar-refractivity contribution in [1.82, 2.24) is 6.15 Å². The van der Waals surface area contributed by atoms with Crippen LogP contribution < -0.4 is 6.15 Å². The first kappa shape index (κ1) is 21.7. The fraction of sp³-hybridized carbons (Fsp3) is 1.00. The van der Waals surface area contributed by atoms with Gasteiger partial charge < -0.3 is 6.15 Å². The topological polar surface area (TPSA) is 89.4 Å². The van der Waals surface area contributed by atoms with Gasteiger partial charge in [0.05, 0.1) is 6.67 Å². The molecule has 0 bridgehead atoms. The Kier molecular flexibility index (Phi) is 10.2. The van der Waals surface area contributed by atoms with Gasteiger partial charge in [0, 0.05) is 0 Å². The van der Waals surface area contributed by atoms with Crippen molar-refractivity contribution < 1.29 is 39.3 Å². The maximum atomic E-state index is 13.1. The highest BCUT2D eigenvalue weighted by atomic mass is 32.2. The lowest BCUT2D eigenvalue weighted by atomic mass is 10.0. The van der Waals surface area contributed by atoms with Crippen LogP contribution in [0, 0.1) is 0 Å². The second kappa shape index (κ2) is 9.40. The molecule has 0 aromatic carbocycles. The van der Waals surface area contributed by atoms with E-state index in [1.165, 1.54) is 0 Å². The summed E-state index contributed by atoms with van der Waals surface area (Å²) in [5.74, 6) is -1.76. The average Bonchev–Trinajstić information content (AvgIpc) is 2.30. The van der Waals surface area contributed by atoms with Crippen LogP contribution in [0.1, 0.15) is 12.8 Å². The van der Waals surface area contributed by atoms with Gasteiger partial charge in [-0.15, -0.1) is 0 Å². The van der Waals surface area contributed by atoms with Gasteiger partial charge in [0.25, 0.3) is 10.1 Å². The van der Waals surface area contributed by atoms with Crippen LogP contribution in [-0.4, -0.2) is 56.3 Å². The Hall–Kier alpha value is -0.550. The van der Waals surface area contributed by atoms with E-state index in [1.54, 1.807) is 0 Å². The molecule has 5 unspecified atom stereocenters.